The lowest BCUT2D eigenvalue weighted by Crippen LogP contribution is -2.30. The number of rotatable bonds is 1. The van der Waals surface area contributed by atoms with Gasteiger partial charge in [-0.2, -0.15) is 0 Å². The molecule has 0 saturated heterocycles. The molecule has 0 saturated carbocycles. The summed E-state index contributed by atoms with van der Waals surface area (Å²) in [6, 6.07) is 18.2. The minimum atomic E-state index is -0.822. The van der Waals surface area contributed by atoms with Crippen molar-refractivity contribution in [2.45, 2.75) is 18.9 Å². The summed E-state index contributed by atoms with van der Waals surface area (Å²) >= 11 is 0. The third-order valence-electron chi connectivity index (χ3n) is 3.88. The number of benzene rings is 2. The van der Waals surface area contributed by atoms with Crippen LogP contribution in [-0.4, -0.2) is 5.11 Å². The predicted octanol–water partition coefficient (Wildman–Crippen LogP) is 3.11. The molecule has 0 amide bonds. The molecule has 0 unspecified atom stereocenters. The van der Waals surface area contributed by atoms with E-state index in [9.17, 15) is 5.11 Å². The molecule has 0 fully saturated rings. The van der Waals surface area contributed by atoms with Crippen molar-refractivity contribution in [3.63, 3.8) is 0 Å². The van der Waals surface area contributed by atoms with Crippen molar-refractivity contribution in [1.29, 1.82) is 0 Å². The van der Waals surface area contributed by atoms with Crippen molar-refractivity contribution in [2.75, 3.05) is 0 Å². The van der Waals surface area contributed by atoms with Crippen molar-refractivity contribution < 1.29 is 5.11 Å². The Bertz CT molecular complexity index is 532. The van der Waals surface area contributed by atoms with Gasteiger partial charge in [0.1, 0.15) is 5.60 Å². The normalized spacial score (nSPS) is 26.8. The van der Waals surface area contributed by atoms with Gasteiger partial charge in [0.15, 0.2) is 0 Å². The standard InChI is InChI=1S/C16H16O/c1-12-11-13-7-5-6-10-15(13)16(12,17)14-8-3-2-4-9-14/h2-10,12,17H,11H2,1H3/t12-,16-/m0/s1. The first-order valence-electron chi connectivity index (χ1n) is 6.09. The Morgan fingerprint density at radius 1 is 1.00 bits per heavy atom. The van der Waals surface area contributed by atoms with E-state index in [1.165, 1.54) is 5.56 Å². The first-order valence-corrected chi connectivity index (χ1v) is 6.09. The topological polar surface area (TPSA) is 20.2 Å². The van der Waals surface area contributed by atoms with Crippen molar-refractivity contribution >= 4 is 0 Å². The maximum atomic E-state index is 11.1. The van der Waals surface area contributed by atoms with Gasteiger partial charge < -0.3 is 5.11 Å². The second kappa shape index (κ2) is 3.71. The van der Waals surface area contributed by atoms with E-state index in [1.54, 1.807) is 0 Å². The molecule has 17 heavy (non-hydrogen) atoms. The highest BCUT2D eigenvalue weighted by Gasteiger charge is 2.43. The number of hydrogen-bond acceptors (Lipinski definition) is 1. The van der Waals surface area contributed by atoms with Crippen LogP contribution < -0.4 is 0 Å². The summed E-state index contributed by atoms with van der Waals surface area (Å²) in [4.78, 5) is 0. The third-order valence-corrected chi connectivity index (χ3v) is 3.88. The Labute approximate surface area is 102 Å². The third kappa shape index (κ3) is 1.43. The van der Waals surface area contributed by atoms with Gasteiger partial charge in [0.25, 0.3) is 0 Å². The average molecular weight is 224 g/mol. The Kier molecular flexibility index (Phi) is 2.30. The van der Waals surface area contributed by atoms with Crippen molar-refractivity contribution in [1.82, 2.24) is 0 Å². The fraction of sp³-hybridized carbons (Fsp3) is 0.250. The average Bonchev–Trinajstić information content (AvgIpc) is 2.64. The lowest BCUT2D eigenvalue weighted by Gasteiger charge is -2.29. The van der Waals surface area contributed by atoms with E-state index >= 15 is 0 Å². The molecule has 0 heterocycles. The van der Waals surface area contributed by atoms with Crippen LogP contribution in [0.4, 0.5) is 0 Å². The lowest BCUT2D eigenvalue weighted by atomic mass is 9.82. The largest absolute Gasteiger partial charge is 0.380 e. The van der Waals surface area contributed by atoms with Gasteiger partial charge in [0.05, 0.1) is 0 Å². The Balaban J connectivity index is 2.20. The molecule has 86 valence electrons. The van der Waals surface area contributed by atoms with Crippen LogP contribution in [0.3, 0.4) is 0 Å². The molecule has 1 N–H and O–H groups in total. The monoisotopic (exact) mass is 224 g/mol. The van der Waals surface area contributed by atoms with Crippen LogP contribution in [0.5, 0.6) is 0 Å². The summed E-state index contributed by atoms with van der Waals surface area (Å²) < 4.78 is 0. The molecule has 2 atom stereocenters. The molecule has 0 spiro atoms. The van der Waals surface area contributed by atoms with Crippen LogP contribution in [0, 0.1) is 5.92 Å². The number of fused-ring (bicyclic) bond motifs is 1. The summed E-state index contributed by atoms with van der Waals surface area (Å²) in [5.41, 5.74) is 2.51. The zero-order valence-electron chi connectivity index (χ0n) is 9.93. The molecule has 0 aromatic heterocycles. The molecule has 1 aliphatic carbocycles. The fourth-order valence-corrected chi connectivity index (χ4v) is 2.95. The molecule has 2 aromatic rings. The SMILES string of the molecule is C[C@H]1Cc2ccccc2[C@@]1(O)c1ccccc1. The Morgan fingerprint density at radius 2 is 1.65 bits per heavy atom. The van der Waals surface area contributed by atoms with Crippen LogP contribution in [0.1, 0.15) is 23.6 Å². The summed E-state index contributed by atoms with van der Waals surface area (Å²) in [5, 5.41) is 11.1. The first-order chi connectivity index (χ1) is 8.23. The van der Waals surface area contributed by atoms with E-state index in [0.717, 1.165) is 17.5 Å². The molecule has 0 bridgehead atoms. The number of hydrogen-bond donors (Lipinski definition) is 1. The van der Waals surface area contributed by atoms with Crippen LogP contribution in [0.2, 0.25) is 0 Å². The highest BCUT2D eigenvalue weighted by molar-refractivity contribution is 5.46. The van der Waals surface area contributed by atoms with Crippen LogP contribution in [0.15, 0.2) is 54.6 Å². The zero-order valence-corrected chi connectivity index (χ0v) is 9.93. The Hall–Kier alpha value is -1.60. The highest BCUT2D eigenvalue weighted by atomic mass is 16.3. The van der Waals surface area contributed by atoms with Crippen molar-refractivity contribution in [3.05, 3.63) is 71.3 Å². The summed E-state index contributed by atoms with van der Waals surface area (Å²) in [6.07, 6.45) is 0.946. The van der Waals surface area contributed by atoms with Crippen molar-refractivity contribution in [3.8, 4) is 0 Å². The molecule has 0 radical (unpaired) electrons. The minimum absolute atomic E-state index is 0.224. The maximum Gasteiger partial charge on any atom is 0.118 e. The van der Waals surface area contributed by atoms with Gasteiger partial charge in [-0.1, -0.05) is 61.5 Å². The fourth-order valence-electron chi connectivity index (χ4n) is 2.95. The van der Waals surface area contributed by atoms with Gasteiger partial charge in [0.2, 0.25) is 0 Å². The van der Waals surface area contributed by atoms with Gasteiger partial charge in [-0.15, -0.1) is 0 Å². The van der Waals surface area contributed by atoms with E-state index in [-0.39, 0.29) is 5.92 Å². The minimum Gasteiger partial charge on any atom is -0.380 e. The van der Waals surface area contributed by atoms with E-state index in [2.05, 4.69) is 13.0 Å². The van der Waals surface area contributed by atoms with E-state index in [0.29, 0.717) is 0 Å². The van der Waals surface area contributed by atoms with Gasteiger partial charge >= 0.3 is 0 Å². The summed E-state index contributed by atoms with van der Waals surface area (Å²) in [5.74, 6) is 0.224. The second-order valence-electron chi connectivity index (χ2n) is 4.89. The lowest BCUT2D eigenvalue weighted by molar-refractivity contribution is 0.0380. The van der Waals surface area contributed by atoms with E-state index < -0.39 is 5.60 Å². The maximum absolute atomic E-state index is 11.1. The molecule has 1 aliphatic rings. The first kappa shape index (κ1) is 10.5. The summed E-state index contributed by atoms with van der Waals surface area (Å²) in [7, 11) is 0. The molecular formula is C16H16O. The Morgan fingerprint density at radius 3 is 2.41 bits per heavy atom. The highest BCUT2D eigenvalue weighted by Crippen LogP contribution is 2.45. The molecule has 2 aromatic carbocycles. The summed E-state index contributed by atoms with van der Waals surface area (Å²) in [6.45, 7) is 2.12. The van der Waals surface area contributed by atoms with Crippen LogP contribution in [-0.2, 0) is 12.0 Å². The molecular weight excluding hydrogens is 208 g/mol. The van der Waals surface area contributed by atoms with Crippen LogP contribution in [0.25, 0.3) is 0 Å². The van der Waals surface area contributed by atoms with Gasteiger partial charge in [-0.25, -0.2) is 0 Å². The number of aliphatic hydroxyl groups is 1. The van der Waals surface area contributed by atoms with Crippen LogP contribution >= 0.6 is 0 Å². The smallest absolute Gasteiger partial charge is 0.118 e. The molecule has 3 rings (SSSR count). The van der Waals surface area contributed by atoms with Crippen molar-refractivity contribution in [2.24, 2.45) is 5.92 Å². The quantitative estimate of drug-likeness (QED) is 0.789. The zero-order chi connectivity index (χ0) is 11.9. The second-order valence-corrected chi connectivity index (χ2v) is 4.89. The van der Waals surface area contributed by atoms with E-state index in [4.69, 9.17) is 0 Å². The predicted molar refractivity (Wildman–Crippen MR) is 68.8 cm³/mol. The van der Waals surface area contributed by atoms with Gasteiger partial charge in [-0.05, 0) is 29.0 Å². The van der Waals surface area contributed by atoms with Gasteiger partial charge in [0, 0.05) is 0 Å². The molecule has 1 heteroatoms. The van der Waals surface area contributed by atoms with Gasteiger partial charge in [-0.3, -0.25) is 0 Å². The molecule has 1 nitrogen and oxygen atoms in total. The molecule has 0 aliphatic heterocycles. The van der Waals surface area contributed by atoms with E-state index in [1.807, 2.05) is 48.5 Å².